The number of ether oxygens (including phenoxy) is 1. The molecule has 1 saturated heterocycles. The molecule has 0 unspecified atom stereocenters. The summed E-state index contributed by atoms with van der Waals surface area (Å²) in [5.74, 6) is 1.63. The molecule has 4 heteroatoms. The highest BCUT2D eigenvalue weighted by Crippen LogP contribution is 2.27. The molecular formula is C17H29N3O. The first-order chi connectivity index (χ1) is 10.0. The van der Waals surface area contributed by atoms with E-state index in [0.717, 1.165) is 23.9 Å². The van der Waals surface area contributed by atoms with Crippen LogP contribution in [-0.4, -0.2) is 37.7 Å². The Kier molecular flexibility index (Phi) is 5.74. The van der Waals surface area contributed by atoms with E-state index in [2.05, 4.69) is 17.3 Å². The van der Waals surface area contributed by atoms with E-state index in [9.17, 15) is 0 Å². The molecule has 0 aromatic heterocycles. The minimum absolute atomic E-state index is 0.141. The summed E-state index contributed by atoms with van der Waals surface area (Å²) in [4.78, 5) is 2.42. The van der Waals surface area contributed by atoms with E-state index in [1.165, 1.54) is 32.4 Å². The van der Waals surface area contributed by atoms with E-state index in [-0.39, 0.29) is 6.10 Å². The maximum Gasteiger partial charge on any atom is 0.144 e. The van der Waals surface area contributed by atoms with E-state index in [1.807, 2.05) is 32.0 Å². The van der Waals surface area contributed by atoms with Crippen molar-refractivity contribution >= 4 is 11.4 Å². The number of likely N-dealkylation sites (tertiary alicyclic amines) is 1. The standard InChI is InChI=1S/C17H29N3O/c1-13(2)21-17-12-15(4-5-16(17)18)19-9-6-14-7-10-20(3)11-8-14/h4-5,12-14,19H,6-11,18H2,1-3H3. The Morgan fingerprint density at radius 2 is 2.05 bits per heavy atom. The average molecular weight is 291 g/mol. The van der Waals surface area contributed by atoms with Gasteiger partial charge < -0.3 is 20.7 Å². The van der Waals surface area contributed by atoms with Gasteiger partial charge in [0.1, 0.15) is 5.75 Å². The van der Waals surface area contributed by atoms with Crippen LogP contribution >= 0.6 is 0 Å². The Morgan fingerprint density at radius 1 is 1.33 bits per heavy atom. The Balaban J connectivity index is 1.80. The van der Waals surface area contributed by atoms with E-state index in [1.54, 1.807) is 0 Å². The maximum absolute atomic E-state index is 5.94. The number of hydrogen-bond acceptors (Lipinski definition) is 4. The van der Waals surface area contributed by atoms with Crippen LogP contribution in [0.3, 0.4) is 0 Å². The van der Waals surface area contributed by atoms with Gasteiger partial charge in [-0.2, -0.15) is 0 Å². The number of piperidine rings is 1. The molecule has 0 radical (unpaired) electrons. The van der Waals surface area contributed by atoms with Gasteiger partial charge in [0.25, 0.3) is 0 Å². The van der Waals surface area contributed by atoms with Gasteiger partial charge >= 0.3 is 0 Å². The summed E-state index contributed by atoms with van der Waals surface area (Å²) < 4.78 is 5.72. The topological polar surface area (TPSA) is 50.5 Å². The second kappa shape index (κ2) is 7.55. The number of nitrogen functional groups attached to an aromatic ring is 1. The van der Waals surface area contributed by atoms with Gasteiger partial charge in [0.15, 0.2) is 0 Å². The van der Waals surface area contributed by atoms with E-state index >= 15 is 0 Å². The zero-order valence-electron chi connectivity index (χ0n) is 13.6. The van der Waals surface area contributed by atoms with Crippen molar-refractivity contribution in [2.24, 2.45) is 5.92 Å². The minimum Gasteiger partial charge on any atom is -0.489 e. The Labute approximate surface area is 128 Å². The lowest BCUT2D eigenvalue weighted by atomic mass is 9.94. The van der Waals surface area contributed by atoms with Crippen molar-refractivity contribution in [3.8, 4) is 5.75 Å². The summed E-state index contributed by atoms with van der Waals surface area (Å²) in [7, 11) is 2.21. The highest BCUT2D eigenvalue weighted by atomic mass is 16.5. The van der Waals surface area contributed by atoms with Gasteiger partial charge in [-0.3, -0.25) is 0 Å². The van der Waals surface area contributed by atoms with Gasteiger partial charge in [-0.15, -0.1) is 0 Å². The first-order valence-electron chi connectivity index (χ1n) is 8.03. The van der Waals surface area contributed by atoms with Crippen LogP contribution in [0, 0.1) is 5.92 Å². The quantitative estimate of drug-likeness (QED) is 0.790. The number of rotatable bonds is 6. The summed E-state index contributed by atoms with van der Waals surface area (Å²) in [6.07, 6.45) is 4.02. The van der Waals surface area contributed by atoms with Crippen molar-refractivity contribution in [3.63, 3.8) is 0 Å². The second-order valence-electron chi connectivity index (χ2n) is 6.38. The van der Waals surface area contributed by atoms with Gasteiger partial charge in [-0.05, 0) is 71.3 Å². The van der Waals surface area contributed by atoms with Crippen molar-refractivity contribution in [2.75, 3.05) is 37.7 Å². The first-order valence-corrected chi connectivity index (χ1v) is 8.03. The van der Waals surface area contributed by atoms with Crippen molar-refractivity contribution < 1.29 is 4.74 Å². The van der Waals surface area contributed by atoms with Gasteiger partial charge in [-0.25, -0.2) is 0 Å². The largest absolute Gasteiger partial charge is 0.489 e. The number of nitrogens with two attached hydrogens (primary N) is 1. The second-order valence-corrected chi connectivity index (χ2v) is 6.38. The van der Waals surface area contributed by atoms with Crippen molar-refractivity contribution in [3.05, 3.63) is 18.2 Å². The number of nitrogens with one attached hydrogen (secondary N) is 1. The molecular weight excluding hydrogens is 262 g/mol. The van der Waals surface area contributed by atoms with Crippen LogP contribution in [0.1, 0.15) is 33.1 Å². The fourth-order valence-electron chi connectivity index (χ4n) is 2.77. The number of nitrogens with zero attached hydrogens (tertiary/aromatic N) is 1. The lowest BCUT2D eigenvalue weighted by molar-refractivity contribution is 0.215. The SMILES string of the molecule is CC(C)Oc1cc(NCCC2CCN(C)CC2)ccc1N. The zero-order chi connectivity index (χ0) is 15.2. The molecule has 0 aliphatic carbocycles. The Hall–Kier alpha value is -1.42. The molecule has 118 valence electrons. The molecule has 1 aliphatic rings. The summed E-state index contributed by atoms with van der Waals surface area (Å²) in [6.45, 7) is 7.51. The molecule has 1 fully saturated rings. The maximum atomic E-state index is 5.94. The molecule has 0 atom stereocenters. The molecule has 3 N–H and O–H groups in total. The van der Waals surface area contributed by atoms with Crippen LogP contribution in [0.2, 0.25) is 0 Å². The molecule has 0 spiro atoms. The highest BCUT2D eigenvalue weighted by molar-refractivity contribution is 5.61. The van der Waals surface area contributed by atoms with Crippen LogP contribution in [0.5, 0.6) is 5.75 Å². The van der Waals surface area contributed by atoms with Gasteiger partial charge in [-0.1, -0.05) is 0 Å². The predicted molar refractivity (Wildman–Crippen MR) is 89.9 cm³/mol. The number of anilines is 2. The van der Waals surface area contributed by atoms with Crippen molar-refractivity contribution in [1.82, 2.24) is 4.90 Å². The lowest BCUT2D eigenvalue weighted by Gasteiger charge is -2.29. The van der Waals surface area contributed by atoms with Crippen molar-refractivity contribution in [1.29, 1.82) is 0 Å². The summed E-state index contributed by atoms with van der Waals surface area (Å²) in [5.41, 5.74) is 7.73. The molecule has 4 nitrogen and oxygen atoms in total. The number of benzene rings is 1. The van der Waals surface area contributed by atoms with Crippen molar-refractivity contribution in [2.45, 2.75) is 39.2 Å². The molecule has 1 heterocycles. The van der Waals surface area contributed by atoms with Gasteiger partial charge in [0.05, 0.1) is 11.8 Å². The van der Waals surface area contributed by atoms with E-state index < -0.39 is 0 Å². The van der Waals surface area contributed by atoms with Gasteiger partial charge in [0, 0.05) is 18.3 Å². The third-order valence-electron chi connectivity index (χ3n) is 4.10. The third kappa shape index (κ3) is 5.12. The third-order valence-corrected chi connectivity index (χ3v) is 4.10. The molecule has 21 heavy (non-hydrogen) atoms. The Bertz CT molecular complexity index is 440. The summed E-state index contributed by atoms with van der Waals surface area (Å²) >= 11 is 0. The fraction of sp³-hybridized carbons (Fsp3) is 0.647. The molecule has 1 aliphatic heterocycles. The molecule has 2 rings (SSSR count). The molecule has 0 bridgehead atoms. The average Bonchev–Trinajstić information content (AvgIpc) is 2.44. The summed E-state index contributed by atoms with van der Waals surface area (Å²) in [5, 5.41) is 3.49. The lowest BCUT2D eigenvalue weighted by Crippen LogP contribution is -2.30. The number of hydrogen-bond donors (Lipinski definition) is 2. The van der Waals surface area contributed by atoms with Crippen LogP contribution in [0.4, 0.5) is 11.4 Å². The normalized spacial score (nSPS) is 17.1. The first kappa shape index (κ1) is 16.0. The molecule has 0 saturated carbocycles. The van der Waals surface area contributed by atoms with Crippen LogP contribution < -0.4 is 15.8 Å². The van der Waals surface area contributed by atoms with Crippen LogP contribution in [0.25, 0.3) is 0 Å². The molecule has 0 amide bonds. The molecule has 1 aromatic carbocycles. The van der Waals surface area contributed by atoms with E-state index in [4.69, 9.17) is 10.5 Å². The smallest absolute Gasteiger partial charge is 0.144 e. The van der Waals surface area contributed by atoms with Crippen LogP contribution in [0.15, 0.2) is 18.2 Å². The van der Waals surface area contributed by atoms with Gasteiger partial charge in [0.2, 0.25) is 0 Å². The minimum atomic E-state index is 0.141. The Morgan fingerprint density at radius 3 is 2.71 bits per heavy atom. The summed E-state index contributed by atoms with van der Waals surface area (Å²) in [6, 6.07) is 5.94. The fourth-order valence-corrected chi connectivity index (χ4v) is 2.77. The molecule has 1 aromatic rings. The zero-order valence-corrected chi connectivity index (χ0v) is 13.6. The van der Waals surface area contributed by atoms with Crippen LogP contribution in [-0.2, 0) is 0 Å². The highest BCUT2D eigenvalue weighted by Gasteiger charge is 2.16. The predicted octanol–water partition coefficient (Wildman–Crippen LogP) is 3.20. The van der Waals surface area contributed by atoms with E-state index in [0.29, 0.717) is 5.69 Å². The monoisotopic (exact) mass is 291 g/mol.